The summed E-state index contributed by atoms with van der Waals surface area (Å²) >= 11 is 0. The molecule has 3 rings (SSSR count). The number of amides is 1. The molecule has 0 spiro atoms. The van der Waals surface area contributed by atoms with E-state index >= 15 is 0 Å². The van der Waals surface area contributed by atoms with Crippen molar-refractivity contribution in [1.29, 1.82) is 0 Å². The molecule has 1 aromatic carbocycles. The molecule has 132 valence electrons. The van der Waals surface area contributed by atoms with E-state index in [1.165, 1.54) is 17.0 Å². The molecule has 1 aliphatic carbocycles. The lowest BCUT2D eigenvalue weighted by molar-refractivity contribution is 0.0891. The maximum Gasteiger partial charge on any atom is 0.251 e. The number of benzene rings is 1. The number of anilines is 1. The van der Waals surface area contributed by atoms with Gasteiger partial charge in [-0.2, -0.15) is 0 Å². The average Bonchev–Trinajstić information content (AvgIpc) is 2.95. The first-order valence-corrected chi connectivity index (χ1v) is 10.5. The first-order chi connectivity index (χ1) is 11.3. The van der Waals surface area contributed by atoms with Crippen LogP contribution in [0.25, 0.3) is 0 Å². The Kier molecular flexibility index (Phi) is 4.60. The first-order valence-electron chi connectivity index (χ1n) is 8.69. The highest BCUT2D eigenvalue weighted by molar-refractivity contribution is 7.92. The third-order valence-corrected chi connectivity index (χ3v) is 6.80. The van der Waals surface area contributed by atoms with Crippen molar-refractivity contribution >= 4 is 21.6 Å². The summed E-state index contributed by atoms with van der Waals surface area (Å²) in [6.45, 7) is 4.91. The van der Waals surface area contributed by atoms with Crippen LogP contribution in [0, 0.1) is 11.8 Å². The highest BCUT2D eigenvalue weighted by Crippen LogP contribution is 2.32. The number of carbonyl (C=O) groups excluding carboxylic acids is 1. The van der Waals surface area contributed by atoms with Gasteiger partial charge in [-0.25, -0.2) is 8.42 Å². The Morgan fingerprint density at radius 1 is 1.25 bits per heavy atom. The normalized spacial score (nSPS) is 27.0. The number of fused-ring (bicyclic) bond motifs is 1. The summed E-state index contributed by atoms with van der Waals surface area (Å²) in [5.41, 5.74) is 2.25. The molecule has 0 unspecified atom stereocenters. The lowest BCUT2D eigenvalue weighted by atomic mass is 9.78. The van der Waals surface area contributed by atoms with Crippen molar-refractivity contribution < 1.29 is 13.2 Å². The molecule has 24 heavy (non-hydrogen) atoms. The minimum absolute atomic E-state index is 0.0541. The molecule has 0 bridgehead atoms. The molecule has 3 atom stereocenters. The molecule has 1 aliphatic heterocycles. The monoisotopic (exact) mass is 350 g/mol. The summed E-state index contributed by atoms with van der Waals surface area (Å²) in [5.74, 6) is 1.06. The second-order valence-electron chi connectivity index (χ2n) is 7.28. The molecule has 5 nitrogen and oxygen atoms in total. The largest absolute Gasteiger partial charge is 0.349 e. The Labute approximate surface area is 144 Å². The van der Waals surface area contributed by atoms with E-state index in [9.17, 15) is 13.2 Å². The van der Waals surface area contributed by atoms with E-state index in [4.69, 9.17) is 0 Å². The Bertz CT molecular complexity index is 745. The van der Waals surface area contributed by atoms with Gasteiger partial charge in [-0.15, -0.1) is 0 Å². The van der Waals surface area contributed by atoms with Gasteiger partial charge in [-0.1, -0.05) is 26.7 Å². The maximum absolute atomic E-state index is 12.6. The summed E-state index contributed by atoms with van der Waals surface area (Å²) in [6.07, 6.45) is 5.29. The molecular weight excluding hydrogens is 324 g/mol. The van der Waals surface area contributed by atoms with E-state index in [1.807, 2.05) is 6.07 Å². The van der Waals surface area contributed by atoms with E-state index < -0.39 is 10.0 Å². The Hall–Kier alpha value is -1.56. The predicted octanol–water partition coefficient (Wildman–Crippen LogP) is 2.56. The van der Waals surface area contributed by atoms with Gasteiger partial charge in [0.05, 0.1) is 11.9 Å². The fourth-order valence-corrected chi connectivity index (χ4v) is 4.85. The van der Waals surface area contributed by atoms with Crippen LogP contribution in [0.3, 0.4) is 0 Å². The Balaban J connectivity index is 1.75. The number of nitrogens with zero attached hydrogens (tertiary/aromatic N) is 1. The quantitative estimate of drug-likeness (QED) is 0.911. The van der Waals surface area contributed by atoms with Crippen molar-refractivity contribution in [2.45, 2.75) is 45.6 Å². The topological polar surface area (TPSA) is 66.5 Å². The molecule has 6 heteroatoms. The summed E-state index contributed by atoms with van der Waals surface area (Å²) < 4.78 is 25.0. The summed E-state index contributed by atoms with van der Waals surface area (Å²) in [7, 11) is -3.25. The van der Waals surface area contributed by atoms with Crippen LogP contribution in [0.15, 0.2) is 18.2 Å². The van der Waals surface area contributed by atoms with Gasteiger partial charge in [0.1, 0.15) is 0 Å². The zero-order valence-corrected chi connectivity index (χ0v) is 15.4. The van der Waals surface area contributed by atoms with E-state index in [2.05, 4.69) is 19.2 Å². The van der Waals surface area contributed by atoms with Crippen LogP contribution >= 0.6 is 0 Å². The zero-order valence-electron chi connectivity index (χ0n) is 14.6. The third kappa shape index (κ3) is 3.29. The van der Waals surface area contributed by atoms with Gasteiger partial charge in [0.25, 0.3) is 5.91 Å². The van der Waals surface area contributed by atoms with E-state index in [0.29, 0.717) is 36.1 Å². The van der Waals surface area contributed by atoms with Crippen molar-refractivity contribution in [1.82, 2.24) is 5.32 Å². The summed E-state index contributed by atoms with van der Waals surface area (Å²) in [4.78, 5) is 12.6. The van der Waals surface area contributed by atoms with Gasteiger partial charge in [0.2, 0.25) is 10.0 Å². The molecule has 2 aliphatic rings. The van der Waals surface area contributed by atoms with Crippen molar-refractivity contribution in [3.63, 3.8) is 0 Å². The van der Waals surface area contributed by atoms with Crippen LogP contribution in [0.2, 0.25) is 0 Å². The number of rotatable bonds is 3. The van der Waals surface area contributed by atoms with Gasteiger partial charge >= 0.3 is 0 Å². The second kappa shape index (κ2) is 6.39. The van der Waals surface area contributed by atoms with Crippen LogP contribution in [0.4, 0.5) is 5.69 Å². The zero-order chi connectivity index (χ0) is 17.5. The first kappa shape index (κ1) is 17.3. The highest BCUT2D eigenvalue weighted by atomic mass is 32.2. The van der Waals surface area contributed by atoms with Crippen LogP contribution in [0.5, 0.6) is 0 Å². The maximum atomic E-state index is 12.6. The number of nitrogens with one attached hydrogen (secondary N) is 1. The SMILES string of the molecule is C[C@H]1[C@H](C)CCC[C@H]1NC(=O)c1ccc2c(c1)CCN2S(C)(=O)=O. The minimum Gasteiger partial charge on any atom is -0.349 e. The lowest BCUT2D eigenvalue weighted by Gasteiger charge is -2.34. The van der Waals surface area contributed by atoms with Crippen molar-refractivity contribution in [2.75, 3.05) is 17.1 Å². The predicted molar refractivity (Wildman–Crippen MR) is 95.8 cm³/mol. The second-order valence-corrected chi connectivity index (χ2v) is 9.18. The fourth-order valence-electron chi connectivity index (χ4n) is 3.89. The fraction of sp³-hybridized carbons (Fsp3) is 0.611. The van der Waals surface area contributed by atoms with Crippen molar-refractivity contribution in [3.8, 4) is 0 Å². The number of carbonyl (C=O) groups is 1. The van der Waals surface area contributed by atoms with E-state index in [0.717, 1.165) is 18.4 Å². The van der Waals surface area contributed by atoms with Crippen molar-refractivity contribution in [3.05, 3.63) is 29.3 Å². The molecule has 1 heterocycles. The number of sulfonamides is 1. The van der Waals surface area contributed by atoms with Gasteiger partial charge in [-0.05, 0) is 48.4 Å². The van der Waals surface area contributed by atoms with Crippen LogP contribution in [0.1, 0.15) is 49.0 Å². The average molecular weight is 350 g/mol. The van der Waals surface area contributed by atoms with Gasteiger partial charge in [0.15, 0.2) is 0 Å². The van der Waals surface area contributed by atoms with Crippen LogP contribution in [-0.2, 0) is 16.4 Å². The molecule has 1 amide bonds. The Morgan fingerprint density at radius 3 is 2.71 bits per heavy atom. The van der Waals surface area contributed by atoms with Crippen molar-refractivity contribution in [2.24, 2.45) is 11.8 Å². The number of hydrogen-bond donors (Lipinski definition) is 1. The lowest BCUT2D eigenvalue weighted by Crippen LogP contribution is -2.43. The van der Waals surface area contributed by atoms with Gasteiger partial charge < -0.3 is 5.32 Å². The molecule has 1 aromatic rings. The molecular formula is C18H26N2O3S. The standard InChI is InChI=1S/C18H26N2O3S/c1-12-5-4-6-16(13(12)2)19-18(21)15-7-8-17-14(11-15)9-10-20(17)24(3,22)23/h7-8,11-13,16H,4-6,9-10H2,1-3H3,(H,19,21)/t12-,13+,16-/m1/s1. The molecule has 0 aromatic heterocycles. The third-order valence-electron chi connectivity index (χ3n) is 5.62. The summed E-state index contributed by atoms with van der Waals surface area (Å²) in [6, 6.07) is 5.55. The number of hydrogen-bond acceptors (Lipinski definition) is 3. The van der Waals surface area contributed by atoms with Gasteiger partial charge in [0, 0.05) is 18.2 Å². The van der Waals surface area contributed by atoms with E-state index in [1.54, 1.807) is 12.1 Å². The molecule has 0 saturated heterocycles. The van der Waals surface area contributed by atoms with E-state index in [-0.39, 0.29) is 11.9 Å². The summed E-state index contributed by atoms with van der Waals surface area (Å²) in [5, 5.41) is 3.18. The Morgan fingerprint density at radius 2 is 2.00 bits per heavy atom. The molecule has 1 saturated carbocycles. The molecule has 1 N–H and O–H groups in total. The minimum atomic E-state index is -3.25. The van der Waals surface area contributed by atoms with Crippen LogP contribution < -0.4 is 9.62 Å². The molecule has 0 radical (unpaired) electrons. The molecule has 1 fully saturated rings. The van der Waals surface area contributed by atoms with Gasteiger partial charge in [-0.3, -0.25) is 9.10 Å². The van der Waals surface area contributed by atoms with Crippen LogP contribution in [-0.4, -0.2) is 33.2 Å². The highest BCUT2D eigenvalue weighted by Gasteiger charge is 2.30. The smallest absolute Gasteiger partial charge is 0.251 e.